The Kier molecular flexibility index (Phi) is 10.2. The fourth-order valence-electron chi connectivity index (χ4n) is 2.17. The van der Waals surface area contributed by atoms with E-state index in [-0.39, 0.29) is 24.9 Å². The molecule has 148 valence electrons. The summed E-state index contributed by atoms with van der Waals surface area (Å²) in [6.45, 7) is 6.19. The van der Waals surface area contributed by atoms with Crippen molar-refractivity contribution in [3.05, 3.63) is 35.9 Å². The lowest BCUT2D eigenvalue weighted by molar-refractivity contribution is 0.240. The summed E-state index contributed by atoms with van der Waals surface area (Å²) in [5.74, 6) is -0.146. The first kappa shape index (κ1) is 22.4. The SMILES string of the molecule is CC(C)N(C)CCCCNC(=O)NCCS(=O)(=O)NCc1ccccc1. The monoisotopic (exact) mass is 384 g/mol. The average Bonchev–Trinajstić information content (AvgIpc) is 2.60. The standard InChI is InChI=1S/C18H32N4O3S/c1-16(2)22(3)13-8-7-11-19-18(23)20-12-14-26(24,25)21-15-17-9-5-4-6-10-17/h4-6,9-10,16,21H,7-8,11-15H2,1-3H3,(H2,19,20,23). The third kappa shape index (κ3) is 10.4. The van der Waals surface area contributed by atoms with Crippen LogP contribution < -0.4 is 15.4 Å². The normalized spacial score (nSPS) is 11.7. The van der Waals surface area contributed by atoms with Gasteiger partial charge in [0, 0.05) is 25.7 Å². The van der Waals surface area contributed by atoms with E-state index in [9.17, 15) is 13.2 Å². The van der Waals surface area contributed by atoms with Crippen LogP contribution in [0.4, 0.5) is 4.79 Å². The first-order chi connectivity index (χ1) is 12.3. The zero-order valence-electron chi connectivity index (χ0n) is 16.0. The van der Waals surface area contributed by atoms with Crippen LogP contribution in [0, 0.1) is 0 Å². The van der Waals surface area contributed by atoms with Crippen LogP contribution >= 0.6 is 0 Å². The van der Waals surface area contributed by atoms with Gasteiger partial charge in [0.1, 0.15) is 0 Å². The maximum atomic E-state index is 11.9. The molecular weight excluding hydrogens is 352 g/mol. The molecule has 8 heteroatoms. The molecule has 0 spiro atoms. The second-order valence-corrected chi connectivity index (χ2v) is 8.52. The van der Waals surface area contributed by atoms with Crippen molar-refractivity contribution in [1.29, 1.82) is 0 Å². The number of benzene rings is 1. The van der Waals surface area contributed by atoms with Gasteiger partial charge in [-0.25, -0.2) is 17.9 Å². The maximum absolute atomic E-state index is 11.9. The van der Waals surface area contributed by atoms with Gasteiger partial charge in [-0.2, -0.15) is 0 Å². The highest BCUT2D eigenvalue weighted by molar-refractivity contribution is 7.89. The third-order valence-corrected chi connectivity index (χ3v) is 5.43. The van der Waals surface area contributed by atoms with Crippen LogP contribution in [0.2, 0.25) is 0 Å². The molecule has 0 bridgehead atoms. The smallest absolute Gasteiger partial charge is 0.314 e. The number of carbonyl (C=O) groups excluding carboxylic acids is 1. The third-order valence-electron chi connectivity index (χ3n) is 4.10. The lowest BCUT2D eigenvalue weighted by Crippen LogP contribution is -2.40. The maximum Gasteiger partial charge on any atom is 0.314 e. The van der Waals surface area contributed by atoms with Gasteiger partial charge in [-0.15, -0.1) is 0 Å². The number of carbonyl (C=O) groups is 1. The van der Waals surface area contributed by atoms with E-state index in [0.717, 1.165) is 24.9 Å². The molecule has 0 saturated heterocycles. The minimum atomic E-state index is -3.42. The number of unbranched alkanes of at least 4 members (excludes halogenated alkanes) is 1. The van der Waals surface area contributed by atoms with E-state index in [4.69, 9.17) is 0 Å². The molecule has 2 amide bonds. The number of amides is 2. The predicted molar refractivity (Wildman–Crippen MR) is 105 cm³/mol. The van der Waals surface area contributed by atoms with E-state index >= 15 is 0 Å². The van der Waals surface area contributed by atoms with Gasteiger partial charge in [0.2, 0.25) is 10.0 Å². The molecule has 0 aliphatic carbocycles. The number of urea groups is 1. The minimum absolute atomic E-state index is 0.0754. The van der Waals surface area contributed by atoms with Gasteiger partial charge < -0.3 is 15.5 Å². The highest BCUT2D eigenvalue weighted by atomic mass is 32.2. The fourth-order valence-corrected chi connectivity index (χ4v) is 3.07. The second-order valence-electron chi connectivity index (χ2n) is 6.59. The van der Waals surface area contributed by atoms with Crippen LogP contribution in [0.3, 0.4) is 0 Å². The van der Waals surface area contributed by atoms with Crippen molar-refractivity contribution in [3.8, 4) is 0 Å². The van der Waals surface area contributed by atoms with Crippen LogP contribution in [-0.2, 0) is 16.6 Å². The summed E-state index contributed by atoms with van der Waals surface area (Å²) in [5.41, 5.74) is 0.893. The molecule has 0 atom stereocenters. The molecule has 0 fully saturated rings. The van der Waals surface area contributed by atoms with Crippen molar-refractivity contribution in [3.63, 3.8) is 0 Å². The number of nitrogens with zero attached hydrogens (tertiary/aromatic N) is 1. The first-order valence-electron chi connectivity index (χ1n) is 9.03. The van der Waals surface area contributed by atoms with E-state index in [0.29, 0.717) is 12.6 Å². The minimum Gasteiger partial charge on any atom is -0.338 e. The number of hydrogen-bond acceptors (Lipinski definition) is 4. The molecule has 3 N–H and O–H groups in total. The van der Waals surface area contributed by atoms with Crippen molar-refractivity contribution in [2.45, 2.75) is 39.3 Å². The van der Waals surface area contributed by atoms with Gasteiger partial charge in [0.15, 0.2) is 0 Å². The summed E-state index contributed by atoms with van der Waals surface area (Å²) >= 11 is 0. The molecule has 0 saturated carbocycles. The zero-order chi connectivity index (χ0) is 19.4. The Morgan fingerprint density at radius 2 is 1.73 bits per heavy atom. The Bertz CT molecular complexity index is 621. The average molecular weight is 385 g/mol. The molecule has 0 heterocycles. The van der Waals surface area contributed by atoms with Gasteiger partial charge in [-0.05, 0) is 45.8 Å². The molecule has 0 radical (unpaired) electrons. The second kappa shape index (κ2) is 11.9. The van der Waals surface area contributed by atoms with Gasteiger partial charge >= 0.3 is 6.03 Å². The highest BCUT2D eigenvalue weighted by Gasteiger charge is 2.10. The van der Waals surface area contributed by atoms with Crippen LogP contribution in [0.5, 0.6) is 0 Å². The first-order valence-corrected chi connectivity index (χ1v) is 10.7. The largest absolute Gasteiger partial charge is 0.338 e. The number of sulfonamides is 1. The quantitative estimate of drug-likeness (QED) is 0.477. The van der Waals surface area contributed by atoms with Crippen LogP contribution in [0.15, 0.2) is 30.3 Å². The molecule has 1 aromatic rings. The molecule has 1 rings (SSSR count). The lowest BCUT2D eigenvalue weighted by Gasteiger charge is -2.20. The topological polar surface area (TPSA) is 90.5 Å². The molecule has 0 unspecified atom stereocenters. The van der Waals surface area contributed by atoms with Crippen molar-refractivity contribution < 1.29 is 13.2 Å². The van der Waals surface area contributed by atoms with E-state index in [1.807, 2.05) is 30.3 Å². The Labute approximate surface area is 157 Å². The summed E-state index contributed by atoms with van der Waals surface area (Å²) in [6.07, 6.45) is 1.90. The summed E-state index contributed by atoms with van der Waals surface area (Å²) in [4.78, 5) is 13.9. The molecular formula is C18H32N4O3S. The van der Waals surface area contributed by atoms with Crippen molar-refractivity contribution in [2.75, 3.05) is 32.4 Å². The number of rotatable bonds is 12. The van der Waals surface area contributed by atoms with E-state index in [1.54, 1.807) is 0 Å². The van der Waals surface area contributed by atoms with Crippen molar-refractivity contribution in [1.82, 2.24) is 20.3 Å². The fraction of sp³-hybridized carbons (Fsp3) is 0.611. The zero-order valence-corrected chi connectivity index (χ0v) is 16.8. The predicted octanol–water partition coefficient (Wildman–Crippen LogP) is 1.53. The Morgan fingerprint density at radius 1 is 1.08 bits per heavy atom. The van der Waals surface area contributed by atoms with Gasteiger partial charge in [0.25, 0.3) is 0 Å². The molecule has 7 nitrogen and oxygen atoms in total. The summed E-state index contributed by atoms with van der Waals surface area (Å²) < 4.78 is 26.4. The summed E-state index contributed by atoms with van der Waals surface area (Å²) in [5, 5.41) is 5.32. The van der Waals surface area contributed by atoms with E-state index in [1.165, 1.54) is 0 Å². The summed E-state index contributed by atoms with van der Waals surface area (Å²) in [6, 6.07) is 9.49. The molecule has 0 aromatic heterocycles. The van der Waals surface area contributed by atoms with Crippen LogP contribution in [-0.4, -0.2) is 57.8 Å². The number of nitrogens with one attached hydrogen (secondary N) is 3. The molecule has 0 aliphatic rings. The van der Waals surface area contributed by atoms with Gasteiger partial charge in [-0.3, -0.25) is 0 Å². The Morgan fingerprint density at radius 3 is 2.38 bits per heavy atom. The van der Waals surface area contributed by atoms with Crippen LogP contribution in [0.1, 0.15) is 32.3 Å². The molecule has 0 aliphatic heterocycles. The highest BCUT2D eigenvalue weighted by Crippen LogP contribution is 1.99. The Hall–Kier alpha value is -1.64. The Balaban J connectivity index is 2.11. The van der Waals surface area contributed by atoms with Gasteiger partial charge in [0.05, 0.1) is 5.75 Å². The van der Waals surface area contributed by atoms with Gasteiger partial charge in [-0.1, -0.05) is 30.3 Å². The van der Waals surface area contributed by atoms with Crippen LogP contribution in [0.25, 0.3) is 0 Å². The van der Waals surface area contributed by atoms with E-state index < -0.39 is 10.0 Å². The molecule has 26 heavy (non-hydrogen) atoms. The van der Waals surface area contributed by atoms with Crippen molar-refractivity contribution in [2.24, 2.45) is 0 Å². The van der Waals surface area contributed by atoms with Crippen molar-refractivity contribution >= 4 is 16.1 Å². The number of hydrogen-bond donors (Lipinski definition) is 3. The van der Waals surface area contributed by atoms with E-state index in [2.05, 4.69) is 41.2 Å². The lowest BCUT2D eigenvalue weighted by atomic mass is 10.2. The molecule has 1 aromatic carbocycles. The summed E-state index contributed by atoms with van der Waals surface area (Å²) in [7, 11) is -1.34.